The van der Waals surface area contributed by atoms with Crippen LogP contribution in [0.5, 0.6) is 5.75 Å². The molecule has 0 aliphatic heterocycles. The summed E-state index contributed by atoms with van der Waals surface area (Å²) in [5, 5.41) is 0. The van der Waals surface area contributed by atoms with Gasteiger partial charge in [0.15, 0.2) is 0 Å². The van der Waals surface area contributed by atoms with Crippen LogP contribution in [0.2, 0.25) is 0 Å². The number of aryl methyl sites for hydroxylation is 1. The van der Waals surface area contributed by atoms with Gasteiger partial charge in [-0.2, -0.15) is 0 Å². The second-order valence-electron chi connectivity index (χ2n) is 2.94. The lowest BCUT2D eigenvalue weighted by Crippen LogP contribution is -2.04. The summed E-state index contributed by atoms with van der Waals surface area (Å²) in [4.78, 5) is 4.52. The lowest BCUT2D eigenvalue weighted by Gasteiger charge is -2.08. The molecular weight excluding hydrogens is 166 g/mol. The fourth-order valence-corrected chi connectivity index (χ4v) is 1.23. The van der Waals surface area contributed by atoms with Gasteiger partial charge in [-0.15, -0.1) is 0 Å². The van der Waals surface area contributed by atoms with Crippen molar-refractivity contribution < 1.29 is 9.57 Å². The van der Waals surface area contributed by atoms with Crippen LogP contribution in [0.25, 0.3) is 0 Å². The molecule has 0 saturated heterocycles. The molecular formula is C10H15NO2. The first kappa shape index (κ1) is 10.0. The van der Waals surface area contributed by atoms with Gasteiger partial charge >= 0.3 is 0 Å². The Morgan fingerprint density at radius 2 is 2.15 bits per heavy atom. The average molecular weight is 181 g/mol. The molecule has 0 fully saturated rings. The van der Waals surface area contributed by atoms with Crippen LogP contribution in [0.4, 0.5) is 0 Å². The predicted molar refractivity (Wildman–Crippen MR) is 51.6 cm³/mol. The summed E-state index contributed by atoms with van der Waals surface area (Å²) in [6.45, 7) is 2.55. The van der Waals surface area contributed by atoms with E-state index in [4.69, 9.17) is 10.6 Å². The topological polar surface area (TPSA) is 44.5 Å². The summed E-state index contributed by atoms with van der Waals surface area (Å²) in [7, 11) is 1.67. The van der Waals surface area contributed by atoms with Gasteiger partial charge in [0.1, 0.15) is 5.75 Å². The number of hydrogen-bond acceptors (Lipinski definition) is 3. The zero-order valence-electron chi connectivity index (χ0n) is 8.04. The van der Waals surface area contributed by atoms with E-state index in [0.29, 0.717) is 6.61 Å². The molecule has 0 unspecified atom stereocenters. The van der Waals surface area contributed by atoms with E-state index in [1.807, 2.05) is 25.1 Å². The first-order valence-corrected chi connectivity index (χ1v) is 4.23. The minimum absolute atomic E-state index is 0.513. The molecule has 0 atom stereocenters. The first-order chi connectivity index (χ1) is 6.27. The van der Waals surface area contributed by atoms with Crippen molar-refractivity contribution in [1.29, 1.82) is 0 Å². The van der Waals surface area contributed by atoms with Gasteiger partial charge in [0.2, 0.25) is 0 Å². The highest BCUT2D eigenvalue weighted by Crippen LogP contribution is 2.20. The molecule has 0 aliphatic carbocycles. The zero-order valence-corrected chi connectivity index (χ0v) is 8.04. The number of methoxy groups -OCH3 is 1. The molecule has 13 heavy (non-hydrogen) atoms. The second kappa shape index (κ2) is 4.84. The molecule has 0 aromatic heterocycles. The number of rotatable bonds is 4. The molecule has 0 amide bonds. The Morgan fingerprint density at radius 3 is 2.77 bits per heavy atom. The molecule has 3 nitrogen and oxygen atoms in total. The van der Waals surface area contributed by atoms with E-state index < -0.39 is 0 Å². The molecule has 3 heteroatoms. The fourth-order valence-electron chi connectivity index (χ4n) is 1.23. The normalized spacial score (nSPS) is 10.1. The summed E-state index contributed by atoms with van der Waals surface area (Å²) in [5.74, 6) is 5.86. The highest BCUT2D eigenvalue weighted by molar-refractivity contribution is 5.37. The molecule has 0 aliphatic rings. The molecule has 1 aromatic carbocycles. The van der Waals surface area contributed by atoms with Gasteiger partial charge in [0.05, 0.1) is 13.7 Å². The van der Waals surface area contributed by atoms with Crippen molar-refractivity contribution in [2.45, 2.75) is 13.3 Å². The summed E-state index contributed by atoms with van der Waals surface area (Å²) >= 11 is 0. The third kappa shape index (κ3) is 2.72. The van der Waals surface area contributed by atoms with E-state index in [1.165, 1.54) is 5.56 Å². The van der Waals surface area contributed by atoms with Crippen molar-refractivity contribution in [2.75, 3.05) is 13.7 Å². The maximum atomic E-state index is 5.23. The third-order valence-corrected chi connectivity index (χ3v) is 1.93. The highest BCUT2D eigenvalue weighted by Gasteiger charge is 2.01. The number of hydrogen-bond donors (Lipinski definition) is 1. The first-order valence-electron chi connectivity index (χ1n) is 4.23. The maximum absolute atomic E-state index is 5.23. The Hall–Kier alpha value is -1.06. The van der Waals surface area contributed by atoms with Crippen molar-refractivity contribution >= 4 is 0 Å². The Kier molecular flexibility index (Phi) is 3.73. The van der Waals surface area contributed by atoms with E-state index in [-0.39, 0.29) is 0 Å². The molecule has 0 heterocycles. The molecule has 0 saturated carbocycles. The van der Waals surface area contributed by atoms with Crippen LogP contribution in [0.1, 0.15) is 11.1 Å². The average Bonchev–Trinajstić information content (AvgIpc) is 2.16. The van der Waals surface area contributed by atoms with Crippen molar-refractivity contribution in [3.8, 4) is 5.75 Å². The van der Waals surface area contributed by atoms with Gasteiger partial charge in [-0.3, -0.25) is 0 Å². The van der Waals surface area contributed by atoms with Crippen LogP contribution in [0, 0.1) is 6.92 Å². The van der Waals surface area contributed by atoms with Gasteiger partial charge in [-0.25, -0.2) is 5.90 Å². The van der Waals surface area contributed by atoms with Gasteiger partial charge in [-0.1, -0.05) is 12.1 Å². The lowest BCUT2D eigenvalue weighted by molar-refractivity contribution is 0.140. The minimum atomic E-state index is 0.513. The number of nitrogens with two attached hydrogens (primary N) is 1. The van der Waals surface area contributed by atoms with Crippen LogP contribution in [-0.4, -0.2) is 13.7 Å². The van der Waals surface area contributed by atoms with Crippen molar-refractivity contribution in [3.05, 3.63) is 29.3 Å². The largest absolute Gasteiger partial charge is 0.496 e. The van der Waals surface area contributed by atoms with E-state index >= 15 is 0 Å². The third-order valence-electron chi connectivity index (χ3n) is 1.93. The molecule has 72 valence electrons. The molecule has 2 N–H and O–H groups in total. The van der Waals surface area contributed by atoms with Gasteiger partial charge in [-0.05, 0) is 24.1 Å². The van der Waals surface area contributed by atoms with Crippen LogP contribution >= 0.6 is 0 Å². The van der Waals surface area contributed by atoms with E-state index in [2.05, 4.69) is 4.84 Å². The molecule has 0 radical (unpaired) electrons. The van der Waals surface area contributed by atoms with Crippen LogP contribution in [0.15, 0.2) is 18.2 Å². The zero-order chi connectivity index (χ0) is 9.68. The van der Waals surface area contributed by atoms with Crippen LogP contribution < -0.4 is 10.6 Å². The van der Waals surface area contributed by atoms with Crippen LogP contribution in [0.3, 0.4) is 0 Å². The summed E-state index contributed by atoms with van der Waals surface area (Å²) in [5.41, 5.74) is 2.31. The highest BCUT2D eigenvalue weighted by atomic mass is 16.6. The fraction of sp³-hybridized carbons (Fsp3) is 0.400. The monoisotopic (exact) mass is 181 g/mol. The lowest BCUT2D eigenvalue weighted by atomic mass is 10.1. The summed E-state index contributed by atoms with van der Waals surface area (Å²) in [6.07, 6.45) is 0.778. The quantitative estimate of drug-likeness (QED) is 0.715. The summed E-state index contributed by atoms with van der Waals surface area (Å²) < 4.78 is 5.23. The van der Waals surface area contributed by atoms with E-state index in [9.17, 15) is 0 Å². The number of benzene rings is 1. The molecule has 1 aromatic rings. The Morgan fingerprint density at radius 1 is 1.38 bits per heavy atom. The minimum Gasteiger partial charge on any atom is -0.496 e. The smallest absolute Gasteiger partial charge is 0.122 e. The summed E-state index contributed by atoms with van der Waals surface area (Å²) in [6, 6.07) is 6.09. The van der Waals surface area contributed by atoms with E-state index in [1.54, 1.807) is 7.11 Å². The molecule has 0 bridgehead atoms. The Balaban J connectivity index is 2.79. The van der Waals surface area contributed by atoms with Gasteiger partial charge < -0.3 is 9.57 Å². The predicted octanol–water partition coefficient (Wildman–Crippen LogP) is 1.44. The number of ether oxygens (including phenoxy) is 1. The van der Waals surface area contributed by atoms with E-state index in [0.717, 1.165) is 17.7 Å². The molecule has 0 spiro atoms. The van der Waals surface area contributed by atoms with Crippen molar-refractivity contribution in [3.63, 3.8) is 0 Å². The van der Waals surface area contributed by atoms with Gasteiger partial charge in [0.25, 0.3) is 0 Å². The SMILES string of the molecule is COc1cc(C)ccc1CCON. The standard InChI is InChI=1S/C10H15NO2/c1-8-3-4-9(5-6-13-11)10(7-8)12-2/h3-4,7H,5-6,11H2,1-2H3. The van der Waals surface area contributed by atoms with Crippen molar-refractivity contribution in [1.82, 2.24) is 0 Å². The Bertz CT molecular complexity index is 274. The molecule has 1 rings (SSSR count). The van der Waals surface area contributed by atoms with Gasteiger partial charge in [0, 0.05) is 6.42 Å². The van der Waals surface area contributed by atoms with Crippen LogP contribution in [-0.2, 0) is 11.3 Å². The second-order valence-corrected chi connectivity index (χ2v) is 2.94. The van der Waals surface area contributed by atoms with Crippen molar-refractivity contribution in [2.24, 2.45) is 5.90 Å². The Labute approximate surface area is 78.4 Å². The maximum Gasteiger partial charge on any atom is 0.122 e.